The first kappa shape index (κ1) is 9.37. The van der Waals surface area contributed by atoms with Crippen molar-refractivity contribution in [2.24, 2.45) is 5.73 Å². The lowest BCUT2D eigenvalue weighted by Gasteiger charge is -2.11. The number of halogens is 1. The smallest absolute Gasteiger partial charge is 0.297 e. The number of allylic oxidation sites excluding steroid dienone is 1. The van der Waals surface area contributed by atoms with E-state index in [4.69, 9.17) is 10.3 Å². The molecule has 0 amide bonds. The van der Waals surface area contributed by atoms with Gasteiger partial charge in [-0.3, -0.25) is 4.55 Å². The number of rotatable bonds is 1. The third kappa shape index (κ3) is 1.90. The van der Waals surface area contributed by atoms with Gasteiger partial charge in [-0.05, 0) is 12.5 Å². The van der Waals surface area contributed by atoms with Crippen LogP contribution >= 0.6 is 0 Å². The highest BCUT2D eigenvalue weighted by molar-refractivity contribution is 7.90. The molecule has 0 saturated carbocycles. The zero-order valence-corrected chi connectivity index (χ0v) is 6.88. The van der Waals surface area contributed by atoms with Crippen LogP contribution in [-0.2, 0) is 10.1 Å². The van der Waals surface area contributed by atoms with Crippen molar-refractivity contribution in [2.75, 3.05) is 0 Å². The molecule has 6 heteroatoms. The van der Waals surface area contributed by atoms with Gasteiger partial charge in [0.1, 0.15) is 10.7 Å². The van der Waals surface area contributed by atoms with E-state index >= 15 is 0 Å². The van der Waals surface area contributed by atoms with Gasteiger partial charge in [0.15, 0.2) is 0 Å². The molecule has 0 aromatic rings. The molecule has 0 saturated heterocycles. The van der Waals surface area contributed by atoms with Crippen LogP contribution in [0.1, 0.15) is 6.42 Å². The first-order chi connectivity index (χ1) is 5.41. The summed E-state index contributed by atoms with van der Waals surface area (Å²) in [6.07, 6.45) is 2.24. The van der Waals surface area contributed by atoms with Gasteiger partial charge in [-0.2, -0.15) is 8.42 Å². The van der Waals surface area contributed by atoms with Crippen molar-refractivity contribution in [3.8, 4) is 0 Å². The summed E-state index contributed by atoms with van der Waals surface area (Å²) in [4.78, 5) is -0.691. The zero-order chi connectivity index (χ0) is 9.35. The van der Waals surface area contributed by atoms with Crippen LogP contribution in [0, 0.1) is 0 Å². The summed E-state index contributed by atoms with van der Waals surface area (Å²) in [5, 5.41) is 0. The van der Waals surface area contributed by atoms with E-state index in [1.807, 2.05) is 0 Å². The third-order valence-electron chi connectivity index (χ3n) is 1.45. The average Bonchev–Trinajstić information content (AvgIpc) is 1.83. The molecule has 68 valence electrons. The van der Waals surface area contributed by atoms with Crippen molar-refractivity contribution in [3.63, 3.8) is 0 Å². The number of hydrogen-bond acceptors (Lipinski definition) is 3. The monoisotopic (exact) mass is 193 g/mol. The van der Waals surface area contributed by atoms with Crippen LogP contribution in [-0.4, -0.2) is 19.0 Å². The molecule has 0 aromatic heterocycles. The van der Waals surface area contributed by atoms with Gasteiger partial charge in [0.2, 0.25) is 0 Å². The lowest BCUT2D eigenvalue weighted by atomic mass is 10.1. The summed E-state index contributed by atoms with van der Waals surface area (Å²) in [5.41, 5.74) is 5.29. The first-order valence-electron chi connectivity index (χ1n) is 3.22. The molecule has 0 fully saturated rings. The minimum atomic E-state index is -4.44. The standard InChI is InChI=1S/C6H8FNO3S/c7-5-3-4(8)1-2-6(5)12(9,10)11/h2-4H,1,8H2,(H,9,10,11). The highest BCUT2D eigenvalue weighted by Crippen LogP contribution is 2.23. The molecular weight excluding hydrogens is 185 g/mol. The summed E-state index contributed by atoms with van der Waals surface area (Å²) in [6, 6.07) is -0.518. The molecule has 1 unspecified atom stereocenters. The Labute approximate surface area is 69.3 Å². The average molecular weight is 193 g/mol. The number of hydrogen-bond donors (Lipinski definition) is 2. The van der Waals surface area contributed by atoms with Gasteiger partial charge in [0.05, 0.1) is 0 Å². The maximum atomic E-state index is 12.8. The van der Waals surface area contributed by atoms with E-state index in [0.29, 0.717) is 0 Å². The van der Waals surface area contributed by atoms with Crippen molar-refractivity contribution in [3.05, 3.63) is 22.9 Å². The van der Waals surface area contributed by atoms with Gasteiger partial charge in [-0.15, -0.1) is 0 Å². The Morgan fingerprint density at radius 3 is 2.67 bits per heavy atom. The zero-order valence-electron chi connectivity index (χ0n) is 6.07. The van der Waals surface area contributed by atoms with Crippen LogP contribution in [0.5, 0.6) is 0 Å². The summed E-state index contributed by atoms with van der Waals surface area (Å²) < 4.78 is 42.2. The molecule has 12 heavy (non-hydrogen) atoms. The predicted octanol–water partition coefficient (Wildman–Crippen LogP) is 0.343. The molecule has 1 aliphatic carbocycles. The maximum Gasteiger partial charge on any atom is 0.297 e. The minimum absolute atomic E-state index is 0.211. The molecule has 0 radical (unpaired) electrons. The molecule has 4 nitrogen and oxygen atoms in total. The van der Waals surface area contributed by atoms with Crippen molar-refractivity contribution in [2.45, 2.75) is 12.5 Å². The maximum absolute atomic E-state index is 12.8. The molecule has 0 heterocycles. The lowest BCUT2D eigenvalue weighted by Crippen LogP contribution is -2.20. The third-order valence-corrected chi connectivity index (χ3v) is 2.37. The van der Waals surface area contributed by atoms with Crippen molar-refractivity contribution in [1.82, 2.24) is 0 Å². The van der Waals surface area contributed by atoms with Gasteiger partial charge in [-0.1, -0.05) is 6.08 Å². The van der Waals surface area contributed by atoms with Gasteiger partial charge >= 0.3 is 0 Å². The Morgan fingerprint density at radius 2 is 2.25 bits per heavy atom. The van der Waals surface area contributed by atoms with Crippen LogP contribution in [0.25, 0.3) is 0 Å². The van der Waals surface area contributed by atoms with Crippen molar-refractivity contribution in [1.29, 1.82) is 0 Å². The Morgan fingerprint density at radius 1 is 1.67 bits per heavy atom. The van der Waals surface area contributed by atoms with Crippen LogP contribution in [0.3, 0.4) is 0 Å². The van der Waals surface area contributed by atoms with E-state index in [-0.39, 0.29) is 6.42 Å². The van der Waals surface area contributed by atoms with E-state index in [0.717, 1.165) is 12.2 Å². The van der Waals surface area contributed by atoms with E-state index in [1.54, 1.807) is 0 Å². The van der Waals surface area contributed by atoms with Gasteiger partial charge < -0.3 is 5.73 Å². The second-order valence-electron chi connectivity index (χ2n) is 2.46. The van der Waals surface area contributed by atoms with Gasteiger partial charge in [-0.25, -0.2) is 4.39 Å². The highest BCUT2D eigenvalue weighted by atomic mass is 32.2. The Bertz CT molecular complexity index is 344. The summed E-state index contributed by atoms with van der Waals surface area (Å²) in [7, 11) is -4.44. The van der Waals surface area contributed by atoms with E-state index in [1.165, 1.54) is 0 Å². The normalized spacial score (nSPS) is 24.8. The second-order valence-corrected chi connectivity index (χ2v) is 3.85. The summed E-state index contributed by atoms with van der Waals surface area (Å²) in [5.74, 6) is -0.990. The molecule has 0 spiro atoms. The fourth-order valence-corrected chi connectivity index (χ4v) is 1.53. The Kier molecular flexibility index (Phi) is 2.31. The molecule has 0 aromatic carbocycles. The Balaban J connectivity index is 3.05. The van der Waals surface area contributed by atoms with Gasteiger partial charge in [0, 0.05) is 6.04 Å². The second kappa shape index (κ2) is 2.96. The first-order valence-corrected chi connectivity index (χ1v) is 4.66. The quantitative estimate of drug-likeness (QED) is 0.588. The molecule has 1 aliphatic rings. The van der Waals surface area contributed by atoms with Crippen molar-refractivity contribution < 1.29 is 17.4 Å². The van der Waals surface area contributed by atoms with Crippen LogP contribution in [0.4, 0.5) is 4.39 Å². The van der Waals surface area contributed by atoms with Gasteiger partial charge in [0.25, 0.3) is 10.1 Å². The summed E-state index contributed by atoms with van der Waals surface area (Å²) >= 11 is 0. The SMILES string of the molecule is NC1C=C(F)C(S(=O)(=O)O)=CC1. The lowest BCUT2D eigenvalue weighted by molar-refractivity contribution is 0.486. The van der Waals surface area contributed by atoms with Crippen LogP contribution in [0.15, 0.2) is 22.9 Å². The van der Waals surface area contributed by atoms with E-state index in [2.05, 4.69) is 0 Å². The van der Waals surface area contributed by atoms with E-state index < -0.39 is 26.9 Å². The topological polar surface area (TPSA) is 80.4 Å². The molecule has 1 rings (SSSR count). The number of nitrogens with two attached hydrogens (primary N) is 1. The molecular formula is C6H8FNO3S. The fourth-order valence-electron chi connectivity index (χ4n) is 0.907. The molecule has 0 aliphatic heterocycles. The highest BCUT2D eigenvalue weighted by Gasteiger charge is 2.22. The fraction of sp³-hybridized carbons (Fsp3) is 0.333. The van der Waals surface area contributed by atoms with E-state index in [9.17, 15) is 12.8 Å². The molecule has 1 atom stereocenters. The Hall–Kier alpha value is -0.720. The van der Waals surface area contributed by atoms with Crippen molar-refractivity contribution >= 4 is 10.1 Å². The minimum Gasteiger partial charge on any atom is -0.324 e. The summed E-state index contributed by atoms with van der Waals surface area (Å²) in [6.45, 7) is 0. The molecule has 0 bridgehead atoms. The van der Waals surface area contributed by atoms with Crippen LogP contribution in [0.2, 0.25) is 0 Å². The van der Waals surface area contributed by atoms with Crippen LogP contribution < -0.4 is 5.73 Å². The predicted molar refractivity (Wildman–Crippen MR) is 41.4 cm³/mol. The molecule has 3 N–H and O–H groups in total. The largest absolute Gasteiger partial charge is 0.324 e.